The number of anilines is 1. The van der Waals surface area contributed by atoms with E-state index in [4.69, 9.17) is 10.7 Å². The molecule has 0 spiro atoms. The molecule has 0 bridgehead atoms. The molecule has 4 rings (SSSR count). The third-order valence-corrected chi connectivity index (χ3v) is 4.05. The first-order chi connectivity index (χ1) is 11.3. The van der Waals surface area contributed by atoms with Crippen molar-refractivity contribution in [2.75, 3.05) is 5.73 Å². The molecule has 2 heteroatoms. The van der Waals surface area contributed by atoms with Crippen LogP contribution in [0, 0.1) is 0 Å². The van der Waals surface area contributed by atoms with Crippen LogP contribution in [0.25, 0.3) is 33.3 Å². The van der Waals surface area contributed by atoms with E-state index < -0.39 is 0 Å². The second-order valence-corrected chi connectivity index (χ2v) is 5.52. The van der Waals surface area contributed by atoms with E-state index in [0.29, 0.717) is 0 Å². The predicted octanol–water partition coefficient (Wildman–Crippen LogP) is 5.15. The summed E-state index contributed by atoms with van der Waals surface area (Å²) in [5, 5.41) is 2.20. The van der Waals surface area contributed by atoms with Gasteiger partial charge in [-0.25, -0.2) is 4.98 Å². The van der Waals surface area contributed by atoms with Gasteiger partial charge in [0.25, 0.3) is 0 Å². The lowest BCUT2D eigenvalue weighted by Gasteiger charge is -2.10. The van der Waals surface area contributed by atoms with Crippen molar-refractivity contribution in [2.24, 2.45) is 0 Å². The van der Waals surface area contributed by atoms with Crippen LogP contribution in [0.2, 0.25) is 0 Å². The highest BCUT2D eigenvalue weighted by Gasteiger charge is 2.08. The Morgan fingerprint density at radius 3 is 2.09 bits per heavy atom. The van der Waals surface area contributed by atoms with E-state index in [1.54, 1.807) is 0 Å². The highest BCUT2D eigenvalue weighted by Crippen LogP contribution is 2.32. The first-order valence-electron chi connectivity index (χ1n) is 7.63. The predicted molar refractivity (Wildman–Crippen MR) is 97.0 cm³/mol. The maximum Gasteiger partial charge on any atom is 0.0715 e. The van der Waals surface area contributed by atoms with E-state index in [1.807, 2.05) is 48.5 Å². The zero-order chi connectivity index (χ0) is 15.6. The van der Waals surface area contributed by atoms with E-state index in [9.17, 15) is 0 Å². The molecule has 2 nitrogen and oxygen atoms in total. The molecule has 0 aliphatic carbocycles. The van der Waals surface area contributed by atoms with Crippen LogP contribution in [0.3, 0.4) is 0 Å². The fourth-order valence-electron chi connectivity index (χ4n) is 2.90. The normalized spacial score (nSPS) is 10.8. The number of hydrogen-bond acceptors (Lipinski definition) is 2. The lowest BCUT2D eigenvalue weighted by Crippen LogP contribution is -1.92. The summed E-state index contributed by atoms with van der Waals surface area (Å²) in [7, 11) is 0. The highest BCUT2D eigenvalue weighted by molar-refractivity contribution is 6.02. The number of nitrogens with two attached hydrogens (primary N) is 1. The highest BCUT2D eigenvalue weighted by atomic mass is 14.7. The maximum atomic E-state index is 6.10. The average Bonchev–Trinajstić information content (AvgIpc) is 2.63. The Morgan fingerprint density at radius 1 is 0.565 bits per heavy atom. The van der Waals surface area contributed by atoms with Crippen LogP contribution >= 0.6 is 0 Å². The lowest BCUT2D eigenvalue weighted by atomic mass is 10.00. The number of aromatic nitrogens is 1. The summed E-state index contributed by atoms with van der Waals surface area (Å²) in [4.78, 5) is 4.85. The number of nitrogen functional groups attached to an aromatic ring is 1. The summed E-state index contributed by atoms with van der Waals surface area (Å²) in [6.07, 6.45) is 0. The minimum Gasteiger partial charge on any atom is -0.398 e. The number of pyridine rings is 1. The topological polar surface area (TPSA) is 38.9 Å². The van der Waals surface area contributed by atoms with E-state index >= 15 is 0 Å². The number of rotatable bonds is 2. The molecule has 0 saturated carbocycles. The van der Waals surface area contributed by atoms with Crippen LogP contribution < -0.4 is 5.73 Å². The first kappa shape index (κ1) is 13.5. The summed E-state index contributed by atoms with van der Waals surface area (Å²) in [5.74, 6) is 0. The molecule has 110 valence electrons. The van der Waals surface area contributed by atoms with Crippen molar-refractivity contribution in [1.29, 1.82) is 0 Å². The van der Waals surface area contributed by atoms with Gasteiger partial charge in [0.2, 0.25) is 0 Å². The summed E-state index contributed by atoms with van der Waals surface area (Å²) in [6.45, 7) is 0. The second-order valence-electron chi connectivity index (χ2n) is 5.52. The molecule has 2 N–H and O–H groups in total. The Morgan fingerprint density at radius 2 is 1.26 bits per heavy atom. The van der Waals surface area contributed by atoms with Gasteiger partial charge in [0.15, 0.2) is 0 Å². The molecule has 0 atom stereocenters. The van der Waals surface area contributed by atoms with Gasteiger partial charge in [-0.15, -0.1) is 0 Å². The second kappa shape index (κ2) is 5.58. The molecule has 0 saturated heterocycles. The van der Waals surface area contributed by atoms with Crippen LogP contribution in [0.5, 0.6) is 0 Å². The van der Waals surface area contributed by atoms with Crippen molar-refractivity contribution in [1.82, 2.24) is 4.98 Å². The fraction of sp³-hybridized carbons (Fsp3) is 0. The van der Waals surface area contributed by atoms with E-state index in [-0.39, 0.29) is 0 Å². The van der Waals surface area contributed by atoms with Crippen LogP contribution in [-0.4, -0.2) is 4.98 Å². The monoisotopic (exact) mass is 296 g/mol. The zero-order valence-corrected chi connectivity index (χ0v) is 12.6. The number of fused-ring (bicyclic) bond motifs is 1. The number of hydrogen-bond donors (Lipinski definition) is 1. The van der Waals surface area contributed by atoms with E-state index in [2.05, 4.69) is 36.4 Å². The summed E-state index contributed by atoms with van der Waals surface area (Å²) in [5.41, 5.74) is 11.1. The third kappa shape index (κ3) is 2.44. The van der Waals surface area contributed by atoms with Crippen molar-refractivity contribution in [3.8, 4) is 22.5 Å². The van der Waals surface area contributed by atoms with Crippen LogP contribution in [0.4, 0.5) is 5.69 Å². The zero-order valence-electron chi connectivity index (χ0n) is 12.6. The number of nitrogens with zero attached hydrogens (tertiary/aromatic N) is 1. The Hall–Kier alpha value is -3.13. The average molecular weight is 296 g/mol. The Labute approximate surface area is 135 Å². The summed E-state index contributed by atoms with van der Waals surface area (Å²) >= 11 is 0. The maximum absolute atomic E-state index is 6.10. The Bertz CT molecular complexity index is 975. The van der Waals surface area contributed by atoms with Crippen LogP contribution in [0.1, 0.15) is 0 Å². The molecular weight excluding hydrogens is 280 g/mol. The summed E-state index contributed by atoms with van der Waals surface area (Å²) < 4.78 is 0. The van der Waals surface area contributed by atoms with Crippen LogP contribution in [-0.2, 0) is 0 Å². The molecule has 0 aliphatic rings. The van der Waals surface area contributed by atoms with Crippen molar-refractivity contribution < 1.29 is 0 Å². The van der Waals surface area contributed by atoms with Crippen LogP contribution in [0.15, 0.2) is 84.9 Å². The molecule has 0 aliphatic heterocycles. The summed E-state index contributed by atoms with van der Waals surface area (Å²) in [6, 6.07) is 28.6. The molecule has 0 fully saturated rings. The van der Waals surface area contributed by atoms with Gasteiger partial charge in [0.05, 0.1) is 11.4 Å². The standard InChI is InChI=1S/C21H16N2/c22-19-14-13-18(16-9-4-5-10-17(16)19)21-12-6-11-20(23-21)15-7-2-1-3-8-15/h1-14H,22H2. The molecule has 0 unspecified atom stereocenters. The largest absolute Gasteiger partial charge is 0.398 e. The molecule has 1 aromatic heterocycles. The molecule has 3 aromatic carbocycles. The Balaban J connectivity index is 1.91. The molecule has 1 heterocycles. The molecule has 4 aromatic rings. The molecule has 0 radical (unpaired) electrons. The van der Waals surface area contributed by atoms with E-state index in [0.717, 1.165) is 39.0 Å². The van der Waals surface area contributed by atoms with Crippen molar-refractivity contribution in [3.05, 3.63) is 84.9 Å². The lowest BCUT2D eigenvalue weighted by molar-refractivity contribution is 1.33. The van der Waals surface area contributed by atoms with Gasteiger partial charge in [0, 0.05) is 22.2 Å². The third-order valence-electron chi connectivity index (χ3n) is 4.05. The number of benzene rings is 3. The van der Waals surface area contributed by atoms with Crippen molar-refractivity contribution in [3.63, 3.8) is 0 Å². The molecule has 23 heavy (non-hydrogen) atoms. The minimum atomic E-state index is 0.795. The smallest absolute Gasteiger partial charge is 0.0715 e. The van der Waals surface area contributed by atoms with E-state index in [1.165, 1.54) is 0 Å². The van der Waals surface area contributed by atoms with Gasteiger partial charge in [-0.3, -0.25) is 0 Å². The first-order valence-corrected chi connectivity index (χ1v) is 7.63. The van der Waals surface area contributed by atoms with Gasteiger partial charge in [0.1, 0.15) is 0 Å². The van der Waals surface area contributed by atoms with Gasteiger partial charge < -0.3 is 5.73 Å². The minimum absolute atomic E-state index is 0.795. The van der Waals surface area contributed by atoms with Crippen molar-refractivity contribution >= 4 is 16.5 Å². The fourth-order valence-corrected chi connectivity index (χ4v) is 2.90. The SMILES string of the molecule is Nc1ccc(-c2cccc(-c3ccccc3)n2)c2ccccc12. The molecule has 0 amide bonds. The molecular formula is C21H16N2. The van der Waals surface area contributed by atoms with Gasteiger partial charge in [-0.2, -0.15) is 0 Å². The van der Waals surface area contributed by atoms with Gasteiger partial charge >= 0.3 is 0 Å². The van der Waals surface area contributed by atoms with Crippen molar-refractivity contribution in [2.45, 2.75) is 0 Å². The quantitative estimate of drug-likeness (QED) is 0.519. The van der Waals surface area contributed by atoms with Gasteiger partial charge in [-0.05, 0) is 23.6 Å². The van der Waals surface area contributed by atoms with Gasteiger partial charge in [-0.1, -0.05) is 66.7 Å². The Kier molecular flexibility index (Phi) is 3.28.